The number of aliphatic hydroxyl groups is 1. The Hall–Kier alpha value is -1.02. The van der Waals surface area contributed by atoms with Gasteiger partial charge in [-0.05, 0) is 51.0 Å². The zero-order chi connectivity index (χ0) is 10.7. The lowest BCUT2D eigenvalue weighted by molar-refractivity contribution is 0.0604. The Morgan fingerprint density at radius 1 is 1.14 bits per heavy atom. The van der Waals surface area contributed by atoms with Crippen molar-refractivity contribution in [1.82, 2.24) is 0 Å². The summed E-state index contributed by atoms with van der Waals surface area (Å²) in [6.07, 6.45) is -0.617. The fraction of sp³-hybridized carbons (Fsp3) is 0.500. The molecule has 0 aliphatic rings. The fourth-order valence-electron chi connectivity index (χ4n) is 1.10. The molecular weight excluding hydrogens is 176 g/mol. The maximum atomic E-state index is 9.28. The molecule has 0 bridgehead atoms. The van der Waals surface area contributed by atoms with Gasteiger partial charge in [-0.3, -0.25) is 0 Å². The number of rotatable bonds is 3. The average Bonchev–Trinajstić information content (AvgIpc) is 2.11. The van der Waals surface area contributed by atoms with Gasteiger partial charge in [0.1, 0.15) is 11.9 Å². The molecule has 0 spiro atoms. The summed E-state index contributed by atoms with van der Waals surface area (Å²) in [5.41, 5.74) is 2.46. The largest absolute Gasteiger partial charge is 0.488 e. The number of benzene rings is 1. The van der Waals surface area contributed by atoms with E-state index in [1.165, 1.54) is 11.1 Å². The molecular formula is C12H18O2. The topological polar surface area (TPSA) is 29.5 Å². The lowest BCUT2D eigenvalue weighted by Crippen LogP contribution is -2.25. The quantitative estimate of drug-likeness (QED) is 0.801. The van der Waals surface area contributed by atoms with Crippen molar-refractivity contribution < 1.29 is 9.84 Å². The van der Waals surface area contributed by atoms with Gasteiger partial charge in [0, 0.05) is 0 Å². The first-order chi connectivity index (χ1) is 6.50. The molecule has 1 rings (SSSR count). The highest BCUT2D eigenvalue weighted by atomic mass is 16.5. The Morgan fingerprint density at radius 3 is 2.29 bits per heavy atom. The molecule has 2 unspecified atom stereocenters. The highest BCUT2D eigenvalue weighted by Gasteiger charge is 2.10. The summed E-state index contributed by atoms with van der Waals surface area (Å²) in [5, 5.41) is 9.28. The normalized spacial score (nSPS) is 14.9. The van der Waals surface area contributed by atoms with Crippen molar-refractivity contribution in [1.29, 1.82) is 0 Å². The van der Waals surface area contributed by atoms with E-state index < -0.39 is 6.10 Å². The van der Waals surface area contributed by atoms with E-state index in [1.54, 1.807) is 6.92 Å². The molecule has 0 aliphatic carbocycles. The second kappa shape index (κ2) is 4.47. The zero-order valence-corrected chi connectivity index (χ0v) is 9.24. The molecule has 14 heavy (non-hydrogen) atoms. The monoisotopic (exact) mass is 194 g/mol. The van der Waals surface area contributed by atoms with Gasteiger partial charge in [-0.2, -0.15) is 0 Å². The van der Waals surface area contributed by atoms with E-state index in [4.69, 9.17) is 4.74 Å². The van der Waals surface area contributed by atoms with E-state index in [-0.39, 0.29) is 6.10 Å². The third-order valence-electron chi connectivity index (χ3n) is 2.48. The van der Waals surface area contributed by atoms with Crippen LogP contribution in [-0.4, -0.2) is 17.3 Å². The second-order valence-electron chi connectivity index (χ2n) is 3.81. The predicted molar refractivity (Wildman–Crippen MR) is 57.7 cm³/mol. The molecule has 0 heterocycles. The van der Waals surface area contributed by atoms with E-state index in [2.05, 4.69) is 13.8 Å². The molecule has 1 aromatic carbocycles. The van der Waals surface area contributed by atoms with Crippen molar-refractivity contribution in [2.45, 2.75) is 39.9 Å². The van der Waals surface area contributed by atoms with Gasteiger partial charge in [0.15, 0.2) is 0 Å². The number of hydrogen-bond donors (Lipinski definition) is 1. The molecule has 78 valence electrons. The van der Waals surface area contributed by atoms with Crippen LogP contribution in [0.4, 0.5) is 0 Å². The van der Waals surface area contributed by atoms with Crippen molar-refractivity contribution in [3.05, 3.63) is 29.3 Å². The standard InChI is InChI=1S/C12H18O2/c1-8-5-6-12(7-9(8)2)14-11(4)10(3)13/h5-7,10-11,13H,1-4H3. The molecule has 0 saturated carbocycles. The summed E-state index contributed by atoms with van der Waals surface area (Å²) in [5.74, 6) is 0.821. The molecule has 0 saturated heterocycles. The summed E-state index contributed by atoms with van der Waals surface area (Å²) in [4.78, 5) is 0. The first-order valence-corrected chi connectivity index (χ1v) is 4.92. The van der Waals surface area contributed by atoms with Gasteiger partial charge in [-0.25, -0.2) is 0 Å². The third-order valence-corrected chi connectivity index (χ3v) is 2.48. The molecule has 2 heteroatoms. The molecule has 0 aliphatic heterocycles. The van der Waals surface area contributed by atoms with E-state index in [0.29, 0.717) is 0 Å². The Kier molecular flexibility index (Phi) is 3.53. The van der Waals surface area contributed by atoms with E-state index >= 15 is 0 Å². The van der Waals surface area contributed by atoms with Crippen molar-refractivity contribution in [2.75, 3.05) is 0 Å². The average molecular weight is 194 g/mol. The molecule has 1 N–H and O–H groups in total. The number of aryl methyl sites for hydroxylation is 2. The summed E-state index contributed by atoms with van der Waals surface area (Å²) < 4.78 is 5.56. The van der Waals surface area contributed by atoms with Gasteiger partial charge in [0.05, 0.1) is 6.10 Å². The van der Waals surface area contributed by atoms with Gasteiger partial charge in [0.25, 0.3) is 0 Å². The number of hydrogen-bond acceptors (Lipinski definition) is 2. The van der Waals surface area contributed by atoms with Crippen molar-refractivity contribution >= 4 is 0 Å². The summed E-state index contributed by atoms with van der Waals surface area (Å²) in [7, 11) is 0. The Morgan fingerprint density at radius 2 is 1.79 bits per heavy atom. The van der Waals surface area contributed by atoms with Gasteiger partial charge >= 0.3 is 0 Å². The van der Waals surface area contributed by atoms with Crippen LogP contribution >= 0.6 is 0 Å². The molecule has 0 amide bonds. The van der Waals surface area contributed by atoms with Crippen LogP contribution in [0.2, 0.25) is 0 Å². The molecule has 0 fully saturated rings. The van der Waals surface area contributed by atoms with Crippen LogP contribution in [0.5, 0.6) is 5.75 Å². The minimum absolute atomic E-state index is 0.169. The molecule has 1 aromatic rings. The van der Waals surface area contributed by atoms with Gasteiger partial charge in [-0.1, -0.05) is 6.07 Å². The second-order valence-corrected chi connectivity index (χ2v) is 3.81. The van der Waals surface area contributed by atoms with Crippen LogP contribution in [0.15, 0.2) is 18.2 Å². The van der Waals surface area contributed by atoms with Crippen molar-refractivity contribution in [3.63, 3.8) is 0 Å². The van der Waals surface area contributed by atoms with E-state index in [0.717, 1.165) is 5.75 Å². The highest BCUT2D eigenvalue weighted by molar-refractivity contribution is 5.33. The molecule has 0 radical (unpaired) electrons. The van der Waals surface area contributed by atoms with Crippen LogP contribution in [0, 0.1) is 13.8 Å². The minimum Gasteiger partial charge on any atom is -0.488 e. The highest BCUT2D eigenvalue weighted by Crippen LogP contribution is 2.18. The Bertz CT molecular complexity index is 305. The van der Waals surface area contributed by atoms with Gasteiger partial charge < -0.3 is 9.84 Å². The Labute approximate surface area is 85.5 Å². The van der Waals surface area contributed by atoms with Gasteiger partial charge in [-0.15, -0.1) is 0 Å². The van der Waals surface area contributed by atoms with Crippen LogP contribution in [0.1, 0.15) is 25.0 Å². The lowest BCUT2D eigenvalue weighted by atomic mass is 10.1. The van der Waals surface area contributed by atoms with Crippen LogP contribution < -0.4 is 4.74 Å². The number of aliphatic hydroxyl groups excluding tert-OH is 1. The van der Waals surface area contributed by atoms with Crippen LogP contribution in [0.3, 0.4) is 0 Å². The first kappa shape index (κ1) is 11.1. The van der Waals surface area contributed by atoms with Crippen molar-refractivity contribution in [3.8, 4) is 5.75 Å². The lowest BCUT2D eigenvalue weighted by Gasteiger charge is -2.17. The maximum Gasteiger partial charge on any atom is 0.121 e. The van der Waals surface area contributed by atoms with E-state index in [9.17, 15) is 5.11 Å². The molecule has 2 atom stereocenters. The number of ether oxygens (including phenoxy) is 1. The summed E-state index contributed by atoms with van der Waals surface area (Å²) in [6.45, 7) is 7.71. The zero-order valence-electron chi connectivity index (χ0n) is 9.24. The smallest absolute Gasteiger partial charge is 0.121 e. The van der Waals surface area contributed by atoms with Gasteiger partial charge in [0.2, 0.25) is 0 Å². The van der Waals surface area contributed by atoms with Crippen molar-refractivity contribution in [2.24, 2.45) is 0 Å². The SMILES string of the molecule is Cc1ccc(OC(C)C(C)O)cc1C. The molecule has 0 aromatic heterocycles. The maximum absolute atomic E-state index is 9.28. The fourth-order valence-corrected chi connectivity index (χ4v) is 1.10. The summed E-state index contributed by atoms with van der Waals surface area (Å²) >= 11 is 0. The van der Waals surface area contributed by atoms with E-state index in [1.807, 2.05) is 25.1 Å². The van der Waals surface area contributed by atoms with Crippen LogP contribution in [0.25, 0.3) is 0 Å². The Balaban J connectivity index is 2.73. The van der Waals surface area contributed by atoms with Crippen LogP contribution in [-0.2, 0) is 0 Å². The first-order valence-electron chi connectivity index (χ1n) is 4.92. The molecule has 2 nitrogen and oxygen atoms in total. The third kappa shape index (κ3) is 2.74. The predicted octanol–water partition coefficient (Wildman–Crippen LogP) is 2.45. The summed E-state index contributed by atoms with van der Waals surface area (Å²) in [6, 6.07) is 5.95. The minimum atomic E-state index is -0.448.